The van der Waals surface area contributed by atoms with E-state index in [2.05, 4.69) is 4.98 Å². The van der Waals surface area contributed by atoms with Crippen molar-refractivity contribution < 1.29 is 29.6 Å². The maximum absolute atomic E-state index is 13.5. The van der Waals surface area contributed by atoms with E-state index in [0.29, 0.717) is 43.6 Å². The summed E-state index contributed by atoms with van der Waals surface area (Å²) in [5.74, 6) is -1.56. The molecule has 1 aliphatic carbocycles. The number of aliphatic hydroxyl groups excluding tert-OH is 2. The Morgan fingerprint density at radius 3 is 2.42 bits per heavy atom. The van der Waals surface area contributed by atoms with Crippen molar-refractivity contribution in [2.24, 2.45) is 17.8 Å². The number of aromatic nitrogens is 1. The molecular weight excluding hydrogens is 568 g/mol. The molecule has 5 rings (SSSR count). The second-order valence-electron chi connectivity index (χ2n) is 12.1. The molecule has 0 unspecified atom stereocenters. The van der Waals surface area contributed by atoms with E-state index in [1.54, 1.807) is 6.20 Å². The minimum atomic E-state index is -0.990. The Morgan fingerprint density at radius 2 is 1.78 bits per heavy atom. The molecule has 1 aliphatic heterocycles. The number of allylic oxidation sites excluding steroid dienone is 1. The molecular formula is C37H42N2O6. The minimum absolute atomic E-state index is 0.139. The summed E-state index contributed by atoms with van der Waals surface area (Å²) in [6.45, 7) is 5.75. The number of carbonyl (C=O) groups excluding carboxylic acids is 2. The summed E-state index contributed by atoms with van der Waals surface area (Å²) in [5.41, 5.74) is 5.45. The lowest BCUT2D eigenvalue weighted by atomic mass is 9.68. The molecule has 8 heteroatoms. The standard InChI is InChI=1S/C37H42N2O6/c1-4-16-39-36(43)29-20-27(22-45-28-10-6-5-7-11-28)33(30(21-40)34(29)37(39)44)32(41)14-13-26(31-12-8-9-15-38-31)19-25-17-23(2)35(42)24(3)18-25/h5-12,15,17-19,29-30,32,34,40-42H,4,13-14,16,20-22H2,1-3H3/b26-19-/t29-,30+,32-,34-/m1/s1. The van der Waals surface area contributed by atoms with Crippen LogP contribution in [-0.2, 0) is 9.59 Å². The predicted molar refractivity (Wildman–Crippen MR) is 173 cm³/mol. The van der Waals surface area contributed by atoms with Crippen molar-refractivity contribution in [3.8, 4) is 11.5 Å². The molecule has 3 N–H and O–H groups in total. The SMILES string of the molecule is CCCN1C(=O)[C@@H]2[C@@H](CC(COc3ccccc3)=C([C@H](O)CC/C(=C/c3cc(C)c(O)c(C)c3)c3ccccn3)[C@@H]2CO)C1=O. The molecule has 45 heavy (non-hydrogen) atoms. The number of phenols is 1. The van der Waals surface area contributed by atoms with Gasteiger partial charge in [-0.15, -0.1) is 0 Å². The maximum Gasteiger partial charge on any atom is 0.233 e. The summed E-state index contributed by atoms with van der Waals surface area (Å²) in [6.07, 6.45) is 4.45. The van der Waals surface area contributed by atoms with Crippen LogP contribution in [0.15, 0.2) is 78.0 Å². The highest BCUT2D eigenvalue weighted by Crippen LogP contribution is 2.46. The van der Waals surface area contributed by atoms with E-state index in [-0.39, 0.29) is 30.8 Å². The van der Waals surface area contributed by atoms with Crippen LogP contribution < -0.4 is 4.74 Å². The molecule has 2 amide bonds. The summed E-state index contributed by atoms with van der Waals surface area (Å²) in [7, 11) is 0. The fourth-order valence-corrected chi connectivity index (χ4v) is 6.84. The third-order valence-electron chi connectivity index (χ3n) is 8.97. The number of hydrogen-bond donors (Lipinski definition) is 3. The number of pyridine rings is 1. The summed E-state index contributed by atoms with van der Waals surface area (Å²) in [6, 6.07) is 18.8. The number of phenolic OH excluding ortho intramolecular Hbond substituents is 1. The van der Waals surface area contributed by atoms with Gasteiger partial charge in [-0.3, -0.25) is 19.5 Å². The Balaban J connectivity index is 1.48. The predicted octanol–water partition coefficient (Wildman–Crippen LogP) is 5.48. The summed E-state index contributed by atoms with van der Waals surface area (Å²) < 4.78 is 6.11. The molecule has 1 fully saturated rings. The number of carbonyl (C=O) groups is 2. The molecule has 0 spiro atoms. The smallest absolute Gasteiger partial charge is 0.233 e. The fraction of sp³-hybridized carbons (Fsp3) is 0.378. The van der Waals surface area contributed by atoms with Crippen LogP contribution in [0, 0.1) is 31.6 Å². The molecule has 0 radical (unpaired) electrons. The number of likely N-dealkylation sites (tertiary alicyclic amines) is 1. The van der Waals surface area contributed by atoms with Crippen molar-refractivity contribution in [2.75, 3.05) is 19.8 Å². The first-order valence-electron chi connectivity index (χ1n) is 15.7. The average molecular weight is 611 g/mol. The topological polar surface area (TPSA) is 120 Å². The summed E-state index contributed by atoms with van der Waals surface area (Å²) in [5, 5.41) is 32.8. The number of hydrogen-bond acceptors (Lipinski definition) is 7. The summed E-state index contributed by atoms with van der Waals surface area (Å²) in [4.78, 5) is 32.8. The fourth-order valence-electron chi connectivity index (χ4n) is 6.84. The monoisotopic (exact) mass is 610 g/mol. The Hall–Kier alpha value is -4.27. The molecule has 0 bridgehead atoms. The van der Waals surface area contributed by atoms with Gasteiger partial charge in [-0.1, -0.05) is 31.2 Å². The Bertz CT molecular complexity index is 1560. The van der Waals surface area contributed by atoms with Crippen molar-refractivity contribution in [1.29, 1.82) is 0 Å². The second kappa shape index (κ2) is 14.2. The van der Waals surface area contributed by atoms with Crippen LogP contribution in [0.25, 0.3) is 11.6 Å². The van der Waals surface area contributed by atoms with Crippen LogP contribution in [0.5, 0.6) is 11.5 Å². The molecule has 0 saturated carbocycles. The molecule has 3 aromatic rings. The third kappa shape index (κ3) is 6.87. The highest BCUT2D eigenvalue weighted by atomic mass is 16.5. The van der Waals surface area contributed by atoms with Gasteiger partial charge in [0, 0.05) is 18.7 Å². The molecule has 2 heterocycles. The van der Waals surface area contributed by atoms with Crippen molar-refractivity contribution in [3.05, 3.63) is 100 Å². The number of nitrogens with zero attached hydrogens (tertiary/aromatic N) is 2. The van der Waals surface area contributed by atoms with E-state index in [9.17, 15) is 24.9 Å². The molecule has 2 aromatic carbocycles. The number of benzene rings is 2. The molecule has 236 valence electrons. The highest BCUT2D eigenvalue weighted by molar-refractivity contribution is 6.05. The van der Waals surface area contributed by atoms with Crippen LogP contribution in [0.4, 0.5) is 0 Å². The first kappa shape index (κ1) is 32.1. The number of aryl methyl sites for hydroxylation is 2. The van der Waals surface area contributed by atoms with Gasteiger partial charge < -0.3 is 20.1 Å². The van der Waals surface area contributed by atoms with E-state index in [1.165, 1.54) is 4.90 Å². The van der Waals surface area contributed by atoms with E-state index in [4.69, 9.17) is 4.74 Å². The van der Waals surface area contributed by atoms with E-state index in [1.807, 2.05) is 87.5 Å². The number of aromatic hydroxyl groups is 1. The normalized spacial score (nSPS) is 20.9. The molecule has 1 saturated heterocycles. The van der Waals surface area contributed by atoms with Crippen LogP contribution in [0.3, 0.4) is 0 Å². The Labute approximate surface area is 264 Å². The van der Waals surface area contributed by atoms with Gasteiger partial charge in [-0.2, -0.15) is 0 Å². The van der Waals surface area contributed by atoms with E-state index in [0.717, 1.165) is 33.5 Å². The first-order chi connectivity index (χ1) is 21.7. The van der Waals surface area contributed by atoms with Crippen LogP contribution in [0.1, 0.15) is 55.0 Å². The quantitative estimate of drug-likeness (QED) is 0.183. The number of imide groups is 1. The van der Waals surface area contributed by atoms with Crippen LogP contribution in [0.2, 0.25) is 0 Å². The van der Waals surface area contributed by atoms with Gasteiger partial charge in [0.05, 0.1) is 30.2 Å². The molecule has 4 atom stereocenters. The number of rotatable bonds is 12. The van der Waals surface area contributed by atoms with Gasteiger partial charge in [-0.25, -0.2) is 0 Å². The summed E-state index contributed by atoms with van der Waals surface area (Å²) >= 11 is 0. The van der Waals surface area contributed by atoms with Crippen LogP contribution >= 0.6 is 0 Å². The van der Waals surface area contributed by atoms with Crippen molar-refractivity contribution in [3.63, 3.8) is 0 Å². The van der Waals surface area contributed by atoms with Gasteiger partial charge in [0.25, 0.3) is 0 Å². The van der Waals surface area contributed by atoms with Crippen molar-refractivity contribution in [2.45, 2.75) is 52.6 Å². The zero-order chi connectivity index (χ0) is 32.1. The zero-order valence-electron chi connectivity index (χ0n) is 26.1. The van der Waals surface area contributed by atoms with Crippen molar-refractivity contribution in [1.82, 2.24) is 9.88 Å². The Kier molecular flexibility index (Phi) is 10.2. The van der Waals surface area contributed by atoms with Crippen LogP contribution in [-0.4, -0.2) is 62.9 Å². The van der Waals surface area contributed by atoms with Gasteiger partial charge in [0.15, 0.2) is 0 Å². The number of para-hydroxylation sites is 1. The number of amides is 2. The van der Waals surface area contributed by atoms with Gasteiger partial charge in [0.1, 0.15) is 18.1 Å². The second-order valence-corrected chi connectivity index (χ2v) is 12.1. The van der Waals surface area contributed by atoms with E-state index >= 15 is 0 Å². The number of ether oxygens (including phenoxy) is 1. The molecule has 1 aromatic heterocycles. The molecule has 8 nitrogen and oxygen atoms in total. The maximum atomic E-state index is 13.5. The lowest BCUT2D eigenvalue weighted by Crippen LogP contribution is -2.40. The van der Waals surface area contributed by atoms with Gasteiger partial charge in [-0.05, 0) is 115 Å². The molecule has 2 aliphatic rings. The highest BCUT2D eigenvalue weighted by Gasteiger charge is 2.54. The van der Waals surface area contributed by atoms with Crippen molar-refractivity contribution >= 4 is 23.5 Å². The lowest BCUT2D eigenvalue weighted by Gasteiger charge is -2.36. The lowest BCUT2D eigenvalue weighted by molar-refractivity contribution is -0.140. The number of fused-ring (bicyclic) bond motifs is 1. The van der Waals surface area contributed by atoms with E-state index < -0.39 is 23.9 Å². The first-order valence-corrected chi connectivity index (χ1v) is 15.7. The zero-order valence-corrected chi connectivity index (χ0v) is 26.1. The average Bonchev–Trinajstić information content (AvgIpc) is 3.29. The Morgan fingerprint density at radius 1 is 1.07 bits per heavy atom. The van der Waals surface area contributed by atoms with Gasteiger partial charge >= 0.3 is 0 Å². The minimum Gasteiger partial charge on any atom is -0.507 e. The number of aliphatic hydroxyl groups is 2. The van der Waals surface area contributed by atoms with Gasteiger partial charge in [0.2, 0.25) is 11.8 Å². The third-order valence-corrected chi connectivity index (χ3v) is 8.97. The largest absolute Gasteiger partial charge is 0.507 e.